The molecule has 0 saturated carbocycles. The van der Waals surface area contributed by atoms with Gasteiger partial charge in [0.25, 0.3) is 5.91 Å². The van der Waals surface area contributed by atoms with Crippen molar-refractivity contribution in [2.75, 3.05) is 54.1 Å². The molecule has 2 amide bonds. The highest BCUT2D eigenvalue weighted by Gasteiger charge is 2.45. The Balaban J connectivity index is 1.51. The van der Waals surface area contributed by atoms with Crippen molar-refractivity contribution < 1.29 is 19.1 Å². The summed E-state index contributed by atoms with van der Waals surface area (Å²) in [7, 11) is 5.14. The molecule has 0 aromatic heterocycles. The van der Waals surface area contributed by atoms with Gasteiger partial charge in [-0.15, -0.1) is 0 Å². The molecule has 0 N–H and O–H groups in total. The van der Waals surface area contributed by atoms with Crippen molar-refractivity contribution in [2.24, 2.45) is 5.92 Å². The highest BCUT2D eigenvalue weighted by molar-refractivity contribution is 6.01. The van der Waals surface area contributed by atoms with E-state index in [0.29, 0.717) is 30.7 Å². The number of carbonyl (C=O) groups excluding carboxylic acids is 2. The molecule has 3 aliphatic heterocycles. The van der Waals surface area contributed by atoms with Gasteiger partial charge in [0.1, 0.15) is 5.75 Å². The van der Waals surface area contributed by atoms with Crippen LogP contribution in [0.2, 0.25) is 0 Å². The summed E-state index contributed by atoms with van der Waals surface area (Å²) in [5.74, 6) is 0.729. The average Bonchev–Trinajstić information content (AvgIpc) is 2.97. The Hall–Kier alpha value is -2.90. The highest BCUT2D eigenvalue weighted by atomic mass is 16.5. The van der Waals surface area contributed by atoms with E-state index in [1.54, 1.807) is 19.1 Å². The third-order valence-corrected chi connectivity index (χ3v) is 8.86. The third-order valence-electron chi connectivity index (χ3n) is 8.86. The van der Waals surface area contributed by atoms with E-state index in [1.165, 1.54) is 38.8 Å². The smallest absolute Gasteiger partial charge is 0.254 e. The maximum absolute atomic E-state index is 14.7. The maximum Gasteiger partial charge on any atom is 0.254 e. The quantitative estimate of drug-likeness (QED) is 0.519. The van der Waals surface area contributed by atoms with E-state index in [0.717, 1.165) is 29.8 Å². The number of fused-ring (bicyclic) bond motifs is 2. The first-order chi connectivity index (χ1) is 18.5. The third kappa shape index (κ3) is 5.19. The van der Waals surface area contributed by atoms with Crippen LogP contribution in [-0.4, -0.2) is 86.6 Å². The van der Waals surface area contributed by atoms with Crippen LogP contribution in [0, 0.1) is 5.92 Å². The number of ether oxygens (including phenoxy) is 2. The molecule has 0 bridgehead atoms. The zero-order valence-corrected chi connectivity index (χ0v) is 23.0. The summed E-state index contributed by atoms with van der Waals surface area (Å²) in [5, 5.41) is 0. The van der Waals surface area contributed by atoms with Gasteiger partial charge in [-0.25, -0.2) is 0 Å². The minimum atomic E-state index is -0.495. The summed E-state index contributed by atoms with van der Waals surface area (Å²) in [6.07, 6.45) is 6.10. The summed E-state index contributed by atoms with van der Waals surface area (Å²) in [4.78, 5) is 34.5. The summed E-state index contributed by atoms with van der Waals surface area (Å²) in [6.45, 7) is 4.12. The zero-order valence-electron chi connectivity index (χ0n) is 23.0. The predicted octanol–water partition coefficient (Wildman–Crippen LogP) is 4.35. The lowest BCUT2D eigenvalue weighted by Gasteiger charge is -2.47. The molecular weight excluding hydrogens is 478 g/mol. The molecule has 7 nitrogen and oxygen atoms in total. The molecule has 5 rings (SSSR count). The maximum atomic E-state index is 14.7. The monoisotopic (exact) mass is 519 g/mol. The Bertz CT molecular complexity index is 1120. The van der Waals surface area contributed by atoms with E-state index >= 15 is 0 Å². The Morgan fingerprint density at radius 1 is 1.00 bits per heavy atom. The van der Waals surface area contributed by atoms with Gasteiger partial charge in [-0.1, -0.05) is 36.8 Å². The van der Waals surface area contributed by atoms with Gasteiger partial charge in [-0.05, 0) is 74.0 Å². The van der Waals surface area contributed by atoms with Gasteiger partial charge in [0.2, 0.25) is 5.91 Å². The second kappa shape index (κ2) is 11.9. The van der Waals surface area contributed by atoms with Crippen molar-refractivity contribution in [3.63, 3.8) is 0 Å². The molecule has 3 heterocycles. The number of carbonyl (C=O) groups is 2. The van der Waals surface area contributed by atoms with Crippen LogP contribution in [-0.2, 0) is 9.53 Å². The lowest BCUT2D eigenvalue weighted by Crippen LogP contribution is -2.53. The van der Waals surface area contributed by atoms with Gasteiger partial charge >= 0.3 is 0 Å². The standard InChI is InChI=1S/C31H41N3O4/c1-32-29(22-13-15-24(38-3)16-14-22)28(25-10-4-5-11-26(25)30(32)35)31(36)34(19-20-37-2)21-23-9-8-18-33-17-7-6-12-27(23)33/h4-5,10-11,13-16,23,27-29H,6-9,12,17-21H2,1-3H3/t23-,27+,28-,29+/m0/s1. The lowest BCUT2D eigenvalue weighted by atomic mass is 9.78. The normalized spacial score (nSPS) is 25.4. The SMILES string of the molecule is COCCN(C[C@@H]1CCCN2CCCC[C@H]12)C(=O)[C@H]1c2ccccc2C(=O)N(C)[C@@H]1c1ccc(OC)cc1. The molecule has 2 fully saturated rings. The number of methoxy groups -OCH3 is 2. The number of hydrogen-bond acceptors (Lipinski definition) is 5. The number of likely N-dealkylation sites (N-methyl/N-ethyl adjacent to an activating group) is 1. The van der Waals surface area contributed by atoms with E-state index in [4.69, 9.17) is 9.47 Å². The average molecular weight is 520 g/mol. The van der Waals surface area contributed by atoms with E-state index in [2.05, 4.69) is 4.90 Å². The lowest BCUT2D eigenvalue weighted by molar-refractivity contribution is -0.136. The van der Waals surface area contributed by atoms with Crippen LogP contribution >= 0.6 is 0 Å². The van der Waals surface area contributed by atoms with Gasteiger partial charge in [0.05, 0.1) is 25.7 Å². The number of nitrogens with zero attached hydrogens (tertiary/aromatic N) is 3. The van der Waals surface area contributed by atoms with Crippen LogP contribution in [0.5, 0.6) is 5.75 Å². The van der Waals surface area contributed by atoms with Crippen molar-refractivity contribution in [2.45, 2.75) is 50.1 Å². The zero-order chi connectivity index (χ0) is 26.6. The number of rotatable bonds is 8. The molecule has 0 aliphatic carbocycles. The Morgan fingerprint density at radius 3 is 2.53 bits per heavy atom. The van der Waals surface area contributed by atoms with Crippen LogP contribution in [0.3, 0.4) is 0 Å². The number of piperidine rings is 2. The van der Waals surface area contributed by atoms with Crippen molar-refractivity contribution in [1.82, 2.24) is 14.7 Å². The van der Waals surface area contributed by atoms with Crippen LogP contribution in [0.1, 0.15) is 65.5 Å². The van der Waals surface area contributed by atoms with Gasteiger partial charge in [-0.3, -0.25) is 9.59 Å². The number of amides is 2. The molecule has 4 atom stereocenters. The summed E-state index contributed by atoms with van der Waals surface area (Å²) in [5.41, 5.74) is 2.35. The van der Waals surface area contributed by atoms with Gasteiger partial charge in [0.15, 0.2) is 0 Å². The molecule has 0 unspecified atom stereocenters. The molecule has 0 spiro atoms. The first-order valence-corrected chi connectivity index (χ1v) is 14.0. The summed E-state index contributed by atoms with van der Waals surface area (Å²) >= 11 is 0. The topological polar surface area (TPSA) is 62.3 Å². The molecule has 204 valence electrons. The van der Waals surface area contributed by atoms with E-state index in [1.807, 2.05) is 60.5 Å². The predicted molar refractivity (Wildman–Crippen MR) is 147 cm³/mol. The number of hydrogen-bond donors (Lipinski definition) is 0. The largest absolute Gasteiger partial charge is 0.497 e. The molecule has 3 aliphatic rings. The summed E-state index contributed by atoms with van der Waals surface area (Å²) < 4.78 is 10.8. The van der Waals surface area contributed by atoms with Crippen molar-refractivity contribution >= 4 is 11.8 Å². The molecule has 7 heteroatoms. The minimum absolute atomic E-state index is 0.0564. The van der Waals surface area contributed by atoms with Crippen molar-refractivity contribution in [3.05, 3.63) is 65.2 Å². The highest BCUT2D eigenvalue weighted by Crippen LogP contribution is 2.43. The van der Waals surface area contributed by atoms with Crippen LogP contribution in [0.4, 0.5) is 0 Å². The van der Waals surface area contributed by atoms with Gasteiger partial charge in [0, 0.05) is 38.9 Å². The van der Waals surface area contributed by atoms with Crippen LogP contribution in [0.25, 0.3) is 0 Å². The molecular formula is C31H41N3O4. The summed E-state index contributed by atoms with van der Waals surface area (Å²) in [6, 6.07) is 15.5. The fourth-order valence-corrected chi connectivity index (χ4v) is 6.92. The molecule has 2 aromatic carbocycles. The van der Waals surface area contributed by atoms with Crippen molar-refractivity contribution in [1.29, 1.82) is 0 Å². The number of benzene rings is 2. The second-order valence-electron chi connectivity index (χ2n) is 11.0. The van der Waals surface area contributed by atoms with E-state index in [9.17, 15) is 9.59 Å². The Morgan fingerprint density at radius 2 is 1.76 bits per heavy atom. The van der Waals surface area contributed by atoms with Crippen LogP contribution < -0.4 is 4.74 Å². The van der Waals surface area contributed by atoms with E-state index in [-0.39, 0.29) is 11.8 Å². The fourth-order valence-electron chi connectivity index (χ4n) is 6.92. The molecule has 2 aromatic rings. The van der Waals surface area contributed by atoms with Gasteiger partial charge < -0.3 is 24.2 Å². The second-order valence-corrected chi connectivity index (χ2v) is 11.0. The molecule has 2 saturated heterocycles. The first kappa shape index (κ1) is 26.7. The van der Waals surface area contributed by atoms with Crippen molar-refractivity contribution in [3.8, 4) is 5.75 Å². The van der Waals surface area contributed by atoms with Crippen LogP contribution in [0.15, 0.2) is 48.5 Å². The first-order valence-electron chi connectivity index (χ1n) is 14.0. The Labute approximate surface area is 226 Å². The van der Waals surface area contributed by atoms with E-state index < -0.39 is 12.0 Å². The Kier molecular flexibility index (Phi) is 8.34. The molecule has 0 radical (unpaired) electrons. The fraction of sp³-hybridized carbons (Fsp3) is 0.548. The molecule has 38 heavy (non-hydrogen) atoms. The van der Waals surface area contributed by atoms with Gasteiger partial charge in [-0.2, -0.15) is 0 Å². The minimum Gasteiger partial charge on any atom is -0.497 e.